The van der Waals surface area contributed by atoms with Gasteiger partial charge in [-0.25, -0.2) is 0 Å². The van der Waals surface area contributed by atoms with Gasteiger partial charge in [-0.3, -0.25) is 5.10 Å². The molecule has 0 aliphatic rings. The van der Waals surface area contributed by atoms with E-state index in [1.807, 2.05) is 18.2 Å². The number of hydrogen-bond acceptors (Lipinski definition) is 2. The van der Waals surface area contributed by atoms with Crippen LogP contribution in [0.5, 0.6) is 0 Å². The quantitative estimate of drug-likeness (QED) is 0.728. The van der Waals surface area contributed by atoms with Crippen LogP contribution in [0.4, 0.5) is 5.82 Å². The van der Waals surface area contributed by atoms with Gasteiger partial charge in [-0.15, -0.1) is 0 Å². The molecule has 94 valence electrons. The third-order valence-electron chi connectivity index (χ3n) is 3.30. The Morgan fingerprint density at radius 3 is 2.42 bits per heavy atom. The van der Waals surface area contributed by atoms with Crippen molar-refractivity contribution in [3.8, 4) is 22.3 Å². The first-order valence-electron chi connectivity index (χ1n) is 6.21. The number of nitrogen functional groups attached to an aromatic ring is 1. The predicted molar refractivity (Wildman–Crippen MR) is 78.6 cm³/mol. The number of aromatic amines is 1. The van der Waals surface area contributed by atoms with E-state index in [-0.39, 0.29) is 0 Å². The third-order valence-corrected chi connectivity index (χ3v) is 3.30. The standard InChI is InChI=1S/C16H15N3/c1-11-7-8-13(15-10-18-19-16(15)17)9-14(11)12-5-3-2-4-6-12/h2-10H,1H3,(H3,17,18,19). The fourth-order valence-corrected chi connectivity index (χ4v) is 2.24. The van der Waals surface area contributed by atoms with Gasteiger partial charge in [-0.2, -0.15) is 5.10 Å². The minimum Gasteiger partial charge on any atom is -0.384 e. The van der Waals surface area contributed by atoms with E-state index in [1.165, 1.54) is 16.7 Å². The maximum absolute atomic E-state index is 5.88. The minimum absolute atomic E-state index is 0.600. The topological polar surface area (TPSA) is 54.7 Å². The molecule has 1 heterocycles. The molecule has 3 aromatic rings. The number of nitrogens with one attached hydrogen (secondary N) is 1. The van der Waals surface area contributed by atoms with Crippen LogP contribution in [0.25, 0.3) is 22.3 Å². The van der Waals surface area contributed by atoms with E-state index in [0.717, 1.165) is 11.1 Å². The second kappa shape index (κ2) is 4.61. The highest BCUT2D eigenvalue weighted by Gasteiger charge is 2.08. The Bertz CT molecular complexity index is 699. The van der Waals surface area contributed by atoms with E-state index in [2.05, 4.69) is 47.5 Å². The number of nitrogens with two attached hydrogens (primary N) is 1. The summed E-state index contributed by atoms with van der Waals surface area (Å²) in [5.74, 6) is 0.600. The first-order chi connectivity index (χ1) is 9.25. The summed E-state index contributed by atoms with van der Waals surface area (Å²) in [4.78, 5) is 0. The minimum atomic E-state index is 0.600. The molecule has 3 nitrogen and oxygen atoms in total. The average molecular weight is 249 g/mol. The van der Waals surface area contributed by atoms with Gasteiger partial charge >= 0.3 is 0 Å². The smallest absolute Gasteiger partial charge is 0.126 e. The van der Waals surface area contributed by atoms with Gasteiger partial charge in [0.2, 0.25) is 0 Å². The van der Waals surface area contributed by atoms with Gasteiger partial charge in [0.05, 0.1) is 6.20 Å². The number of nitrogens with zero attached hydrogens (tertiary/aromatic N) is 1. The molecule has 0 radical (unpaired) electrons. The summed E-state index contributed by atoms with van der Waals surface area (Å²) in [6.45, 7) is 2.12. The molecular weight excluding hydrogens is 234 g/mol. The summed E-state index contributed by atoms with van der Waals surface area (Å²) in [6.07, 6.45) is 1.76. The van der Waals surface area contributed by atoms with Gasteiger partial charge in [0.1, 0.15) is 5.82 Å². The Labute approximate surface area is 112 Å². The zero-order chi connectivity index (χ0) is 13.2. The van der Waals surface area contributed by atoms with E-state index < -0.39 is 0 Å². The van der Waals surface area contributed by atoms with Crippen molar-refractivity contribution in [3.05, 3.63) is 60.3 Å². The molecule has 0 fully saturated rings. The van der Waals surface area contributed by atoms with E-state index >= 15 is 0 Å². The van der Waals surface area contributed by atoms with Crippen LogP contribution in [0, 0.1) is 6.92 Å². The van der Waals surface area contributed by atoms with Crippen LogP contribution in [0.1, 0.15) is 5.56 Å². The number of aromatic nitrogens is 2. The van der Waals surface area contributed by atoms with Crippen molar-refractivity contribution < 1.29 is 0 Å². The molecule has 3 rings (SSSR count). The summed E-state index contributed by atoms with van der Waals surface area (Å²) in [5.41, 5.74) is 11.6. The highest BCUT2D eigenvalue weighted by Crippen LogP contribution is 2.30. The fraction of sp³-hybridized carbons (Fsp3) is 0.0625. The first-order valence-corrected chi connectivity index (χ1v) is 6.21. The van der Waals surface area contributed by atoms with Crippen LogP contribution >= 0.6 is 0 Å². The van der Waals surface area contributed by atoms with Crippen LogP contribution in [0.15, 0.2) is 54.7 Å². The Kier molecular flexibility index (Phi) is 2.80. The second-order valence-electron chi connectivity index (χ2n) is 4.59. The maximum atomic E-state index is 5.88. The molecule has 0 unspecified atom stereocenters. The molecule has 0 bridgehead atoms. The van der Waals surface area contributed by atoms with Crippen LogP contribution in [0.2, 0.25) is 0 Å². The molecule has 0 atom stereocenters. The molecule has 1 aromatic heterocycles. The lowest BCUT2D eigenvalue weighted by Crippen LogP contribution is -1.89. The lowest BCUT2D eigenvalue weighted by atomic mass is 9.96. The summed E-state index contributed by atoms with van der Waals surface area (Å²) in [6, 6.07) is 16.7. The van der Waals surface area contributed by atoms with E-state index in [0.29, 0.717) is 5.82 Å². The molecule has 3 N–H and O–H groups in total. The van der Waals surface area contributed by atoms with Crippen LogP contribution < -0.4 is 5.73 Å². The van der Waals surface area contributed by atoms with Gasteiger partial charge < -0.3 is 5.73 Å². The molecule has 0 aliphatic carbocycles. The van der Waals surface area contributed by atoms with Gasteiger partial charge in [-0.1, -0.05) is 42.5 Å². The van der Waals surface area contributed by atoms with Crippen molar-refractivity contribution in [1.82, 2.24) is 10.2 Å². The van der Waals surface area contributed by atoms with E-state index in [4.69, 9.17) is 5.73 Å². The number of H-pyrrole nitrogens is 1. The molecule has 2 aromatic carbocycles. The Morgan fingerprint density at radius 2 is 1.74 bits per heavy atom. The van der Waals surface area contributed by atoms with Gasteiger partial charge in [0.15, 0.2) is 0 Å². The summed E-state index contributed by atoms with van der Waals surface area (Å²) < 4.78 is 0. The average Bonchev–Trinajstić information content (AvgIpc) is 2.87. The highest BCUT2D eigenvalue weighted by molar-refractivity contribution is 5.79. The molecule has 0 amide bonds. The van der Waals surface area contributed by atoms with Gasteiger partial charge in [-0.05, 0) is 35.2 Å². The Hall–Kier alpha value is -2.55. The molecule has 19 heavy (non-hydrogen) atoms. The van der Waals surface area contributed by atoms with E-state index in [1.54, 1.807) is 6.20 Å². The number of hydrogen-bond donors (Lipinski definition) is 2. The fourth-order valence-electron chi connectivity index (χ4n) is 2.24. The Balaban J connectivity index is 2.14. The molecule has 0 aliphatic heterocycles. The van der Waals surface area contributed by atoms with Crippen molar-refractivity contribution in [3.63, 3.8) is 0 Å². The van der Waals surface area contributed by atoms with Crippen molar-refractivity contribution >= 4 is 5.82 Å². The molecule has 0 saturated heterocycles. The zero-order valence-corrected chi connectivity index (χ0v) is 10.7. The summed E-state index contributed by atoms with van der Waals surface area (Å²) in [7, 11) is 0. The third kappa shape index (κ3) is 2.10. The normalized spacial score (nSPS) is 10.6. The number of rotatable bonds is 2. The monoisotopic (exact) mass is 249 g/mol. The van der Waals surface area contributed by atoms with Crippen LogP contribution in [-0.2, 0) is 0 Å². The number of anilines is 1. The Morgan fingerprint density at radius 1 is 0.947 bits per heavy atom. The number of aryl methyl sites for hydroxylation is 1. The lowest BCUT2D eigenvalue weighted by molar-refractivity contribution is 1.10. The summed E-state index contributed by atoms with van der Waals surface area (Å²) in [5, 5.41) is 6.74. The zero-order valence-electron chi connectivity index (χ0n) is 10.7. The van der Waals surface area contributed by atoms with E-state index in [9.17, 15) is 0 Å². The van der Waals surface area contributed by atoms with Crippen molar-refractivity contribution in [2.24, 2.45) is 0 Å². The van der Waals surface area contributed by atoms with Crippen molar-refractivity contribution in [2.45, 2.75) is 6.92 Å². The molecule has 3 heteroatoms. The van der Waals surface area contributed by atoms with Crippen LogP contribution in [-0.4, -0.2) is 10.2 Å². The lowest BCUT2D eigenvalue weighted by Gasteiger charge is -2.09. The van der Waals surface area contributed by atoms with Crippen molar-refractivity contribution in [1.29, 1.82) is 0 Å². The summed E-state index contributed by atoms with van der Waals surface area (Å²) >= 11 is 0. The molecular formula is C16H15N3. The molecule has 0 spiro atoms. The maximum Gasteiger partial charge on any atom is 0.126 e. The highest BCUT2D eigenvalue weighted by atomic mass is 15.1. The van der Waals surface area contributed by atoms with Crippen molar-refractivity contribution in [2.75, 3.05) is 5.73 Å². The molecule has 0 saturated carbocycles. The largest absolute Gasteiger partial charge is 0.384 e. The van der Waals surface area contributed by atoms with Gasteiger partial charge in [0, 0.05) is 5.56 Å². The first kappa shape index (κ1) is 11.5. The second-order valence-corrected chi connectivity index (χ2v) is 4.59. The van der Waals surface area contributed by atoms with Gasteiger partial charge in [0.25, 0.3) is 0 Å². The predicted octanol–water partition coefficient (Wildman–Crippen LogP) is 3.63. The van der Waals surface area contributed by atoms with Crippen LogP contribution in [0.3, 0.4) is 0 Å². The SMILES string of the molecule is Cc1ccc(-c2cn[nH]c2N)cc1-c1ccccc1. The number of benzene rings is 2.